The van der Waals surface area contributed by atoms with Gasteiger partial charge in [0.25, 0.3) is 5.91 Å². The van der Waals surface area contributed by atoms with Crippen molar-refractivity contribution >= 4 is 40.7 Å². The molecule has 12 heteroatoms. The fraction of sp³-hybridized carbons (Fsp3) is 0.290. The van der Waals surface area contributed by atoms with Crippen LogP contribution in [0.2, 0.25) is 0 Å². The Balaban J connectivity index is 1.45. The van der Waals surface area contributed by atoms with E-state index in [-0.39, 0.29) is 31.3 Å². The van der Waals surface area contributed by atoms with Crippen LogP contribution in [0.5, 0.6) is 5.75 Å². The number of nitrogens with zero attached hydrogens (tertiary/aromatic N) is 5. The van der Waals surface area contributed by atoms with E-state index in [0.29, 0.717) is 40.6 Å². The Labute approximate surface area is 249 Å². The standard InChI is InChI=1S/C31H34N6O6/c1-4-5-18-42-31(40)35-29(32)21-9-12-23(13-10-21)43-20-27-34-24-19-22(11-14-25(24)36(27)2)30(39)37(17-15-28(38)41-3)26-8-6-7-16-33-26/h6-14,16,19H,4-5,15,17-18,20H2,1-3H3,(H2,32,35,40). The zero-order valence-corrected chi connectivity index (χ0v) is 24.4. The van der Waals surface area contributed by atoms with Gasteiger partial charge in [0.2, 0.25) is 0 Å². The van der Waals surface area contributed by atoms with E-state index in [0.717, 1.165) is 18.4 Å². The lowest BCUT2D eigenvalue weighted by molar-refractivity contribution is -0.140. The average Bonchev–Trinajstić information content (AvgIpc) is 3.34. The van der Waals surface area contributed by atoms with Gasteiger partial charge in [-0.25, -0.2) is 14.8 Å². The van der Waals surface area contributed by atoms with Crippen molar-refractivity contribution < 1.29 is 28.6 Å². The summed E-state index contributed by atoms with van der Waals surface area (Å²) in [6.45, 7) is 2.58. The van der Waals surface area contributed by atoms with E-state index in [1.165, 1.54) is 12.0 Å². The van der Waals surface area contributed by atoms with Crippen LogP contribution >= 0.6 is 0 Å². The molecule has 2 N–H and O–H groups in total. The van der Waals surface area contributed by atoms with Crippen LogP contribution in [0.3, 0.4) is 0 Å². The molecule has 0 aliphatic heterocycles. The highest BCUT2D eigenvalue weighted by Gasteiger charge is 2.21. The van der Waals surface area contributed by atoms with Gasteiger partial charge in [0.1, 0.15) is 29.8 Å². The lowest BCUT2D eigenvalue weighted by Gasteiger charge is -2.21. The third-order valence-corrected chi connectivity index (χ3v) is 6.61. The Bertz CT molecular complexity index is 1600. The van der Waals surface area contributed by atoms with Crippen LogP contribution in [-0.4, -0.2) is 58.6 Å². The zero-order chi connectivity index (χ0) is 30.8. The number of ether oxygens (including phenoxy) is 3. The Morgan fingerprint density at radius 3 is 2.51 bits per heavy atom. The van der Waals surface area contributed by atoms with Crippen LogP contribution in [0.15, 0.2) is 71.9 Å². The first-order valence-electron chi connectivity index (χ1n) is 13.8. The molecule has 4 aromatic rings. The van der Waals surface area contributed by atoms with E-state index >= 15 is 0 Å². The number of fused-ring (bicyclic) bond motifs is 1. The van der Waals surface area contributed by atoms with Crippen molar-refractivity contribution in [1.82, 2.24) is 14.5 Å². The Hall–Kier alpha value is -5.26. The van der Waals surface area contributed by atoms with Gasteiger partial charge in [-0.3, -0.25) is 14.5 Å². The molecule has 43 heavy (non-hydrogen) atoms. The van der Waals surface area contributed by atoms with Crippen molar-refractivity contribution in [2.45, 2.75) is 32.8 Å². The van der Waals surface area contributed by atoms with Crippen molar-refractivity contribution in [2.75, 3.05) is 25.2 Å². The molecule has 2 amide bonds. The maximum Gasteiger partial charge on any atom is 0.435 e. The SMILES string of the molecule is CCCCOC(=O)/N=C(/N)c1ccc(OCc2nc3cc(C(=O)N(CCC(=O)OC)c4ccccn4)ccc3n2C)cc1. The van der Waals surface area contributed by atoms with E-state index in [2.05, 4.69) is 15.0 Å². The van der Waals surface area contributed by atoms with Gasteiger partial charge in [-0.2, -0.15) is 4.99 Å². The second-order valence-corrected chi connectivity index (χ2v) is 9.54. The number of aliphatic imine (C=N–C) groups is 1. The molecule has 0 fully saturated rings. The summed E-state index contributed by atoms with van der Waals surface area (Å²) in [7, 11) is 3.17. The molecular formula is C31H34N6O6. The number of imidazole rings is 1. The summed E-state index contributed by atoms with van der Waals surface area (Å²) in [5.74, 6) is 0.962. The van der Waals surface area contributed by atoms with Gasteiger partial charge in [0, 0.05) is 30.9 Å². The second-order valence-electron chi connectivity index (χ2n) is 9.54. The van der Waals surface area contributed by atoms with Crippen LogP contribution in [0.4, 0.5) is 10.6 Å². The number of anilines is 1. The number of benzene rings is 2. The van der Waals surface area contributed by atoms with Gasteiger partial charge in [-0.1, -0.05) is 19.4 Å². The van der Waals surface area contributed by atoms with Crippen molar-refractivity contribution in [3.63, 3.8) is 0 Å². The van der Waals surface area contributed by atoms with Crippen LogP contribution in [0, 0.1) is 0 Å². The summed E-state index contributed by atoms with van der Waals surface area (Å²) in [5, 5.41) is 0. The Morgan fingerprint density at radius 1 is 1.05 bits per heavy atom. The molecule has 2 heterocycles. The number of unbranched alkanes of at least 4 members (excludes halogenated alkanes) is 1. The number of aryl methyl sites for hydroxylation is 1. The summed E-state index contributed by atoms with van der Waals surface area (Å²) in [4.78, 5) is 51.3. The number of methoxy groups -OCH3 is 1. The van der Waals surface area contributed by atoms with Gasteiger partial charge < -0.3 is 24.5 Å². The molecule has 2 aromatic heterocycles. The highest BCUT2D eigenvalue weighted by Crippen LogP contribution is 2.22. The summed E-state index contributed by atoms with van der Waals surface area (Å²) in [5.41, 5.74) is 8.34. The third-order valence-electron chi connectivity index (χ3n) is 6.61. The molecule has 0 unspecified atom stereocenters. The maximum absolute atomic E-state index is 13.5. The van der Waals surface area contributed by atoms with Crippen LogP contribution in [0.1, 0.15) is 47.9 Å². The number of amides is 2. The number of carbonyl (C=O) groups excluding carboxylic acids is 3. The van der Waals surface area contributed by atoms with Crippen LogP contribution in [0.25, 0.3) is 11.0 Å². The molecule has 0 bridgehead atoms. The largest absolute Gasteiger partial charge is 0.486 e. The van der Waals surface area contributed by atoms with Gasteiger partial charge in [0.15, 0.2) is 0 Å². The molecular weight excluding hydrogens is 552 g/mol. The van der Waals surface area contributed by atoms with Gasteiger partial charge in [-0.15, -0.1) is 0 Å². The normalized spacial score (nSPS) is 11.3. The van der Waals surface area contributed by atoms with Crippen molar-refractivity contribution in [2.24, 2.45) is 17.8 Å². The van der Waals surface area contributed by atoms with Crippen LogP contribution in [-0.2, 0) is 27.9 Å². The molecule has 0 aliphatic carbocycles. The van der Waals surface area contributed by atoms with E-state index in [1.807, 2.05) is 24.6 Å². The number of aromatic nitrogens is 3. The molecule has 0 saturated heterocycles. The first-order chi connectivity index (χ1) is 20.8. The fourth-order valence-electron chi connectivity index (χ4n) is 4.18. The second kappa shape index (κ2) is 14.6. The molecule has 0 radical (unpaired) electrons. The minimum absolute atomic E-state index is 0.0259. The number of hydrogen-bond donors (Lipinski definition) is 1. The first kappa shape index (κ1) is 30.7. The number of carbonyl (C=O) groups is 3. The minimum atomic E-state index is -0.719. The van der Waals surface area contributed by atoms with Crippen molar-refractivity contribution in [3.05, 3.63) is 83.8 Å². The van der Waals surface area contributed by atoms with E-state index in [9.17, 15) is 14.4 Å². The van der Waals surface area contributed by atoms with Gasteiger partial charge in [-0.05, 0) is 61.0 Å². The summed E-state index contributed by atoms with van der Waals surface area (Å²) >= 11 is 0. The van der Waals surface area contributed by atoms with Gasteiger partial charge in [0.05, 0.1) is 31.2 Å². The topological polar surface area (TPSA) is 151 Å². The third kappa shape index (κ3) is 7.94. The predicted molar refractivity (Wildman–Crippen MR) is 161 cm³/mol. The van der Waals surface area contributed by atoms with E-state index < -0.39 is 12.1 Å². The zero-order valence-electron chi connectivity index (χ0n) is 24.4. The first-order valence-corrected chi connectivity index (χ1v) is 13.8. The van der Waals surface area contributed by atoms with Crippen molar-refractivity contribution in [3.8, 4) is 5.75 Å². The highest BCUT2D eigenvalue weighted by molar-refractivity contribution is 6.07. The summed E-state index contributed by atoms with van der Waals surface area (Å²) in [6.07, 6.45) is 2.57. The number of amidine groups is 1. The van der Waals surface area contributed by atoms with E-state index in [1.54, 1.807) is 60.8 Å². The number of rotatable bonds is 12. The smallest absolute Gasteiger partial charge is 0.435 e. The quantitative estimate of drug-likeness (QED) is 0.110. The maximum atomic E-state index is 13.5. The predicted octanol–water partition coefficient (Wildman–Crippen LogP) is 4.40. The molecule has 0 atom stereocenters. The number of nitrogens with two attached hydrogens (primary N) is 1. The Morgan fingerprint density at radius 2 is 1.81 bits per heavy atom. The van der Waals surface area contributed by atoms with E-state index in [4.69, 9.17) is 19.9 Å². The Kier molecular flexibility index (Phi) is 10.4. The lowest BCUT2D eigenvalue weighted by atomic mass is 10.1. The number of hydrogen-bond acceptors (Lipinski definition) is 8. The van der Waals surface area contributed by atoms with Crippen LogP contribution < -0.4 is 15.4 Å². The number of pyridine rings is 1. The molecule has 0 saturated carbocycles. The highest BCUT2D eigenvalue weighted by atomic mass is 16.5. The average molecular weight is 587 g/mol. The minimum Gasteiger partial charge on any atom is -0.486 e. The molecule has 12 nitrogen and oxygen atoms in total. The molecule has 0 aliphatic rings. The molecule has 0 spiro atoms. The van der Waals surface area contributed by atoms with Crippen molar-refractivity contribution in [1.29, 1.82) is 0 Å². The summed E-state index contributed by atoms with van der Waals surface area (Å²) < 4.78 is 17.6. The fourth-order valence-corrected chi connectivity index (χ4v) is 4.18. The van der Waals surface area contributed by atoms with Gasteiger partial charge >= 0.3 is 12.1 Å². The number of esters is 1. The molecule has 4 rings (SSSR count). The lowest BCUT2D eigenvalue weighted by Crippen LogP contribution is -2.33. The summed E-state index contributed by atoms with van der Waals surface area (Å²) in [6, 6.07) is 17.3. The monoisotopic (exact) mass is 586 g/mol. The molecule has 224 valence electrons. The molecule has 2 aromatic carbocycles.